The van der Waals surface area contributed by atoms with E-state index in [0.717, 1.165) is 138 Å². The quantitative estimate of drug-likeness (QED) is 0.122. The van der Waals surface area contributed by atoms with Gasteiger partial charge in [-0.25, -0.2) is 42.1 Å². The van der Waals surface area contributed by atoms with Crippen molar-refractivity contribution in [3.63, 3.8) is 0 Å². The molecule has 6 bridgehead atoms. The third-order valence-corrected chi connectivity index (χ3v) is 21.5. The third kappa shape index (κ3) is 11.1. The first-order valence-electron chi connectivity index (χ1n) is 32.3. The van der Waals surface area contributed by atoms with Crippen LogP contribution in [0.5, 0.6) is 0 Å². The zero-order valence-electron chi connectivity index (χ0n) is 52.9. The largest absolute Gasteiger partial charge is 0.324 e. The second-order valence-corrected chi connectivity index (χ2v) is 29.0. The second kappa shape index (κ2) is 23.5. The number of hydrogen-bond acceptors (Lipinski definition) is 14. The lowest BCUT2D eigenvalue weighted by molar-refractivity contribution is 0.530. The van der Waals surface area contributed by atoms with Crippen molar-refractivity contribution in [2.24, 2.45) is 17.3 Å². The average molecular weight is 1300 g/mol. The van der Waals surface area contributed by atoms with Crippen molar-refractivity contribution in [3.8, 4) is 102 Å². The normalized spacial score (nSPS) is 19.3. The summed E-state index contributed by atoms with van der Waals surface area (Å²) in [6.45, 7) is 6.02. The molecule has 3 aliphatic heterocycles. The highest BCUT2D eigenvalue weighted by atomic mass is 32.2. The van der Waals surface area contributed by atoms with Crippen LogP contribution < -0.4 is 10.3 Å². The summed E-state index contributed by atoms with van der Waals surface area (Å²) < 4.78 is 55.5. The summed E-state index contributed by atoms with van der Waals surface area (Å²) in [4.78, 5) is 43.5. The van der Waals surface area contributed by atoms with Gasteiger partial charge < -0.3 is 13.7 Å². The summed E-state index contributed by atoms with van der Waals surface area (Å²) in [6, 6.07) is 45.0. The molecule has 3 saturated carbocycles. The molecule has 4 N–H and O–H groups in total. The van der Waals surface area contributed by atoms with Crippen LogP contribution in [-0.2, 0) is 27.1 Å². The molecule has 12 aromatic rings. The van der Waals surface area contributed by atoms with Crippen LogP contribution in [0, 0.1) is 20.8 Å². The fourth-order valence-corrected chi connectivity index (χ4v) is 16.4. The number of fused-ring (bicyclic) bond motifs is 15. The molecule has 0 spiro atoms. The van der Waals surface area contributed by atoms with Crippen LogP contribution in [0.15, 0.2) is 180 Å². The highest BCUT2D eigenvalue weighted by Crippen LogP contribution is 2.55. The molecule has 22 heteroatoms. The molecule has 95 heavy (non-hydrogen) atoms. The number of sulfonamides is 2. The maximum atomic E-state index is 11.6. The van der Waals surface area contributed by atoms with E-state index in [1.54, 1.807) is 41.3 Å². The molecule has 20 nitrogen and oxygen atoms in total. The minimum atomic E-state index is -3.74. The Labute approximate surface area is 550 Å². The first kappa shape index (κ1) is 60.0. The molecular weight excluding hydrogens is 1230 g/mol. The molecule has 0 radical (unpaired) electrons. The summed E-state index contributed by atoms with van der Waals surface area (Å²) in [5.74, 6) is 5.16. The number of primary sulfonamides is 2. The van der Waals surface area contributed by atoms with E-state index < -0.39 is 20.0 Å². The first-order valence-corrected chi connectivity index (χ1v) is 35.4. The Morgan fingerprint density at radius 2 is 0.726 bits per heavy atom. The lowest BCUT2D eigenvalue weighted by atomic mass is 10.0. The molecular formula is C73H68N16O4S2. The summed E-state index contributed by atoms with van der Waals surface area (Å²) in [7, 11) is -5.55. The molecule has 13 heterocycles. The lowest BCUT2D eigenvalue weighted by Crippen LogP contribution is -2.11. The number of nitrogens with zero attached hydrogens (tertiary/aromatic N) is 14. The van der Waals surface area contributed by atoms with E-state index in [-0.39, 0.29) is 9.79 Å². The van der Waals surface area contributed by atoms with Gasteiger partial charge in [0.15, 0.2) is 0 Å². The minimum Gasteiger partial charge on any atom is -0.324 e. The van der Waals surface area contributed by atoms with Crippen LogP contribution in [0.4, 0.5) is 0 Å². The third-order valence-electron chi connectivity index (χ3n) is 19.7. The number of aromatic nitrogens is 14. The van der Waals surface area contributed by atoms with Crippen molar-refractivity contribution in [1.29, 1.82) is 0 Å². The van der Waals surface area contributed by atoms with Crippen LogP contribution in [0.1, 0.15) is 128 Å². The molecule has 0 saturated heterocycles. The molecule has 18 rings (SSSR count). The van der Waals surface area contributed by atoms with E-state index in [4.69, 9.17) is 40.2 Å². The lowest BCUT2D eigenvalue weighted by Gasteiger charge is -2.17. The van der Waals surface area contributed by atoms with Gasteiger partial charge in [0.1, 0.15) is 34.6 Å². The zero-order valence-corrected chi connectivity index (χ0v) is 54.5. The molecule has 2 aromatic carbocycles. The predicted molar refractivity (Wildman–Crippen MR) is 363 cm³/mol. The average Bonchev–Trinajstić information content (AvgIpc) is 1.59. The number of pyridine rings is 6. The molecule has 3 aliphatic carbocycles. The van der Waals surface area contributed by atoms with Gasteiger partial charge in [-0.2, -0.15) is 5.10 Å². The molecule has 6 aliphatic rings. The summed E-state index contributed by atoms with van der Waals surface area (Å²) in [5.41, 5.74) is 20.1. The van der Waals surface area contributed by atoms with E-state index >= 15 is 0 Å². The Kier molecular flexibility index (Phi) is 14.8. The van der Waals surface area contributed by atoms with Crippen molar-refractivity contribution in [2.75, 3.05) is 0 Å². The maximum Gasteiger partial charge on any atom is 0.238 e. The molecule has 2 unspecified atom stereocenters. The number of rotatable bonds is 11. The second-order valence-electron chi connectivity index (χ2n) is 25.9. The molecule has 476 valence electrons. The highest BCUT2D eigenvalue weighted by Gasteiger charge is 2.44. The zero-order chi connectivity index (χ0) is 65.0. The van der Waals surface area contributed by atoms with Crippen LogP contribution in [-0.4, -0.2) is 85.2 Å². The van der Waals surface area contributed by atoms with Crippen LogP contribution in [0.2, 0.25) is 0 Å². The predicted octanol–water partition coefficient (Wildman–Crippen LogP) is 13.4. The highest BCUT2D eigenvalue weighted by molar-refractivity contribution is 7.89. The molecule has 10 aromatic heterocycles. The Morgan fingerprint density at radius 1 is 0.389 bits per heavy atom. The van der Waals surface area contributed by atoms with E-state index in [1.165, 1.54) is 80.7 Å². The maximum absolute atomic E-state index is 11.6. The van der Waals surface area contributed by atoms with Gasteiger partial charge >= 0.3 is 0 Å². The van der Waals surface area contributed by atoms with Crippen molar-refractivity contribution < 1.29 is 16.8 Å². The monoisotopic (exact) mass is 1300 g/mol. The van der Waals surface area contributed by atoms with Gasteiger partial charge in [0.25, 0.3) is 0 Å². The molecule has 0 amide bonds. The topological polar surface area (TPSA) is 269 Å². The van der Waals surface area contributed by atoms with Gasteiger partial charge in [-0.15, -0.1) is 0 Å². The van der Waals surface area contributed by atoms with Crippen molar-refractivity contribution in [1.82, 2.24) is 68.3 Å². The first-order chi connectivity index (χ1) is 45.9. The summed E-state index contributed by atoms with van der Waals surface area (Å²) >= 11 is 0. The fraction of sp³-hybridized carbons (Fsp3) is 0.260. The van der Waals surface area contributed by atoms with E-state index in [2.05, 4.69) is 58.0 Å². The smallest absolute Gasteiger partial charge is 0.238 e. The van der Waals surface area contributed by atoms with Crippen LogP contribution in [0.25, 0.3) is 102 Å². The number of benzene rings is 2. The van der Waals surface area contributed by atoms with Gasteiger partial charge in [0.05, 0.1) is 67.2 Å². The molecule has 3 fully saturated rings. The van der Waals surface area contributed by atoms with E-state index in [0.29, 0.717) is 35.9 Å². The van der Waals surface area contributed by atoms with Crippen LogP contribution >= 0.6 is 0 Å². The van der Waals surface area contributed by atoms with Gasteiger partial charge in [-0.05, 0) is 176 Å². The Bertz CT molecular complexity index is 5020. The Hall–Kier alpha value is -10.0. The Balaban J connectivity index is 0.000000113. The van der Waals surface area contributed by atoms with Crippen molar-refractivity contribution in [3.05, 3.63) is 205 Å². The van der Waals surface area contributed by atoms with Gasteiger partial charge in [-0.1, -0.05) is 42.5 Å². The van der Waals surface area contributed by atoms with Gasteiger partial charge in [-0.3, -0.25) is 34.6 Å². The van der Waals surface area contributed by atoms with Gasteiger partial charge in [0.2, 0.25) is 20.0 Å². The van der Waals surface area contributed by atoms with Crippen molar-refractivity contribution >= 4 is 20.0 Å². The SMILES string of the molecule is Cc1cccc(-c2nc3n(c2-c2ccnc(-c4ccc(S(N)(=O)=O)cc4)c2)C2CCC3C2)n1.Cc1cccc(-c2nc3n(c2-c2ccnc(-c4ccc(S(N)(=O)=O)cc4)c2)[C@H]2CC[C@@H]3C2)n1.Cc1cccc(-c2nc3n(c2-c2ccnc(-c4cnn(C)c4)c2)[C@@H]2CC[C@H]3C2)n1. The fourth-order valence-electron chi connectivity index (χ4n) is 15.4. The number of hydrogen-bond donors (Lipinski definition) is 2. The standard InChI is InChI=1S/2C25H23N5O2S.C23H22N6/c2*1-15-3-2-4-21(28-15)23-24(30-19-8-5-18(13-19)25(30)29-23)17-11-12-27-22(14-17)16-6-9-20(10-7-16)33(26,31)32;1-14-4-3-5-19(26-14)21-22(29-18-7-6-16(10-18)23(29)27-21)15-8-9-24-20(11-15)17-12-25-28(2)13-17/h2*2-4,6-7,9-12,14,18-19H,5,8,13H2,1H3,(H2,26,31,32);3-5,8-9,11-13,16,18H,6-7,10H2,1-2H3/t18-,19+;;16-,18+/m1.0/s1. The minimum absolute atomic E-state index is 0.0832. The summed E-state index contributed by atoms with van der Waals surface area (Å²) in [5, 5.41) is 14.8. The molecule has 6 atom stereocenters. The number of imidazole rings is 3. The number of nitrogens with two attached hydrogens (primary N) is 2. The van der Waals surface area contributed by atoms with Crippen LogP contribution in [0.3, 0.4) is 0 Å². The van der Waals surface area contributed by atoms with Crippen molar-refractivity contribution in [2.45, 2.75) is 124 Å². The van der Waals surface area contributed by atoms with Gasteiger partial charge in [0, 0.05) is 118 Å². The van der Waals surface area contributed by atoms with E-state index in [1.807, 2.05) is 113 Å². The summed E-state index contributed by atoms with van der Waals surface area (Å²) in [6.07, 6.45) is 20.1. The Morgan fingerprint density at radius 3 is 1.03 bits per heavy atom. The van der Waals surface area contributed by atoms with E-state index in [9.17, 15) is 16.8 Å². The number of aryl methyl sites for hydroxylation is 4.